The summed E-state index contributed by atoms with van der Waals surface area (Å²) in [6.07, 6.45) is 0.647. The van der Waals surface area contributed by atoms with Gasteiger partial charge in [0.1, 0.15) is 5.01 Å². The van der Waals surface area contributed by atoms with Crippen LogP contribution in [0, 0.1) is 0 Å². The minimum atomic E-state index is 0.324. The van der Waals surface area contributed by atoms with Gasteiger partial charge in [0.15, 0.2) is 0 Å². The third-order valence-corrected chi connectivity index (χ3v) is 4.04. The Labute approximate surface area is 120 Å². The van der Waals surface area contributed by atoms with Crippen molar-refractivity contribution in [3.05, 3.63) is 16.1 Å². The summed E-state index contributed by atoms with van der Waals surface area (Å²) in [7, 11) is 0. The summed E-state index contributed by atoms with van der Waals surface area (Å²) >= 11 is 1.75. The Morgan fingerprint density at radius 3 is 2.74 bits per heavy atom. The van der Waals surface area contributed by atoms with Gasteiger partial charge in [0, 0.05) is 37.6 Å². The standard InChI is InChI=1S/C14H25N3OS/c1-10(2)15-5-14-16-13(9-19-14)8-17-6-11(3)18-12(4)7-17/h9-12,15H,5-8H2,1-4H3/t11-,12+. The lowest BCUT2D eigenvalue weighted by molar-refractivity contribution is -0.0707. The second-order valence-corrected chi connectivity index (χ2v) is 6.66. The van der Waals surface area contributed by atoms with E-state index in [1.807, 2.05) is 0 Å². The summed E-state index contributed by atoms with van der Waals surface area (Å²) in [6, 6.07) is 0.508. The van der Waals surface area contributed by atoms with Crippen LogP contribution in [0.15, 0.2) is 5.38 Å². The number of hydrogen-bond donors (Lipinski definition) is 1. The average Bonchev–Trinajstić information content (AvgIpc) is 2.72. The number of morpholine rings is 1. The van der Waals surface area contributed by atoms with Crippen molar-refractivity contribution < 1.29 is 4.74 Å². The highest BCUT2D eigenvalue weighted by molar-refractivity contribution is 7.09. The maximum atomic E-state index is 5.75. The zero-order chi connectivity index (χ0) is 13.8. The molecule has 1 aromatic rings. The number of ether oxygens (including phenoxy) is 1. The monoisotopic (exact) mass is 283 g/mol. The Bertz CT molecular complexity index is 384. The molecule has 19 heavy (non-hydrogen) atoms. The number of rotatable bonds is 5. The Kier molecular flexibility index (Phi) is 5.33. The van der Waals surface area contributed by atoms with Crippen LogP contribution in [0.4, 0.5) is 0 Å². The van der Waals surface area contributed by atoms with Crippen LogP contribution in [-0.2, 0) is 17.8 Å². The van der Waals surface area contributed by atoms with Gasteiger partial charge in [-0.05, 0) is 13.8 Å². The first kappa shape index (κ1) is 14.9. The van der Waals surface area contributed by atoms with E-state index in [1.165, 1.54) is 10.7 Å². The van der Waals surface area contributed by atoms with E-state index in [2.05, 4.69) is 43.3 Å². The van der Waals surface area contributed by atoms with Crippen LogP contribution in [0.25, 0.3) is 0 Å². The van der Waals surface area contributed by atoms with Crippen molar-refractivity contribution in [2.45, 2.75) is 59.0 Å². The van der Waals surface area contributed by atoms with Gasteiger partial charge in [-0.15, -0.1) is 11.3 Å². The van der Waals surface area contributed by atoms with Crippen molar-refractivity contribution >= 4 is 11.3 Å². The highest BCUT2D eigenvalue weighted by Crippen LogP contribution is 2.16. The predicted octanol–water partition coefficient (Wildman–Crippen LogP) is 2.25. The SMILES string of the molecule is CC(C)NCc1nc(CN2C[C@@H](C)O[C@@H](C)C2)cs1. The molecule has 4 nitrogen and oxygen atoms in total. The Balaban J connectivity index is 1.85. The molecule has 2 atom stereocenters. The van der Waals surface area contributed by atoms with Crippen LogP contribution in [0.1, 0.15) is 38.4 Å². The quantitative estimate of drug-likeness (QED) is 0.899. The fourth-order valence-corrected chi connectivity index (χ4v) is 3.17. The normalized spacial score (nSPS) is 25.1. The van der Waals surface area contributed by atoms with E-state index >= 15 is 0 Å². The van der Waals surface area contributed by atoms with Gasteiger partial charge in [-0.3, -0.25) is 4.90 Å². The molecule has 0 aliphatic carbocycles. The molecule has 2 rings (SSSR count). The van der Waals surface area contributed by atoms with Gasteiger partial charge in [-0.1, -0.05) is 13.8 Å². The van der Waals surface area contributed by atoms with E-state index in [9.17, 15) is 0 Å². The van der Waals surface area contributed by atoms with Gasteiger partial charge >= 0.3 is 0 Å². The zero-order valence-corrected chi connectivity index (χ0v) is 13.2. The van der Waals surface area contributed by atoms with Crippen molar-refractivity contribution in [2.24, 2.45) is 0 Å². The summed E-state index contributed by atoms with van der Waals surface area (Å²) in [5, 5.41) is 6.77. The van der Waals surface area contributed by atoms with E-state index in [0.717, 1.165) is 26.2 Å². The number of nitrogens with zero attached hydrogens (tertiary/aromatic N) is 2. The smallest absolute Gasteiger partial charge is 0.107 e. The van der Waals surface area contributed by atoms with Crippen LogP contribution in [-0.4, -0.2) is 41.2 Å². The van der Waals surface area contributed by atoms with Crippen molar-refractivity contribution in [3.63, 3.8) is 0 Å². The molecule has 0 amide bonds. The molecular weight excluding hydrogens is 258 g/mol. The molecule has 1 N–H and O–H groups in total. The molecule has 5 heteroatoms. The van der Waals surface area contributed by atoms with Crippen molar-refractivity contribution in [2.75, 3.05) is 13.1 Å². The minimum Gasteiger partial charge on any atom is -0.373 e. The number of nitrogens with one attached hydrogen (secondary N) is 1. The summed E-state index contributed by atoms with van der Waals surface area (Å²) in [4.78, 5) is 7.14. The van der Waals surface area contributed by atoms with Gasteiger partial charge in [0.05, 0.1) is 17.9 Å². The van der Waals surface area contributed by atoms with E-state index in [0.29, 0.717) is 18.2 Å². The van der Waals surface area contributed by atoms with Gasteiger partial charge in [0.25, 0.3) is 0 Å². The molecule has 0 saturated carbocycles. The summed E-state index contributed by atoms with van der Waals surface area (Å²) in [5.74, 6) is 0. The lowest BCUT2D eigenvalue weighted by atomic mass is 10.2. The zero-order valence-electron chi connectivity index (χ0n) is 12.3. The third-order valence-electron chi connectivity index (χ3n) is 3.14. The Morgan fingerprint density at radius 1 is 1.42 bits per heavy atom. The molecule has 1 saturated heterocycles. The molecule has 108 valence electrons. The highest BCUT2D eigenvalue weighted by atomic mass is 32.1. The molecule has 0 aromatic carbocycles. The lowest BCUT2D eigenvalue weighted by Gasteiger charge is -2.34. The fourth-order valence-electron chi connectivity index (χ4n) is 2.44. The highest BCUT2D eigenvalue weighted by Gasteiger charge is 2.22. The second kappa shape index (κ2) is 6.79. The molecule has 0 bridgehead atoms. The van der Waals surface area contributed by atoms with Crippen molar-refractivity contribution in [1.82, 2.24) is 15.2 Å². The first-order valence-corrected chi connectivity index (χ1v) is 7.95. The van der Waals surface area contributed by atoms with Crippen molar-refractivity contribution in [1.29, 1.82) is 0 Å². The van der Waals surface area contributed by atoms with E-state index < -0.39 is 0 Å². The average molecular weight is 283 g/mol. The van der Waals surface area contributed by atoms with Crippen LogP contribution in [0.2, 0.25) is 0 Å². The molecule has 0 radical (unpaired) electrons. The van der Waals surface area contributed by atoms with Gasteiger partial charge < -0.3 is 10.1 Å². The van der Waals surface area contributed by atoms with Gasteiger partial charge in [-0.25, -0.2) is 4.98 Å². The molecule has 0 spiro atoms. The van der Waals surface area contributed by atoms with E-state index in [4.69, 9.17) is 9.72 Å². The van der Waals surface area contributed by atoms with Crippen LogP contribution in [0.3, 0.4) is 0 Å². The molecular formula is C14H25N3OS. The predicted molar refractivity (Wildman–Crippen MR) is 79.4 cm³/mol. The summed E-state index contributed by atoms with van der Waals surface area (Å²) in [5.41, 5.74) is 1.19. The number of hydrogen-bond acceptors (Lipinski definition) is 5. The third kappa shape index (κ3) is 4.84. The van der Waals surface area contributed by atoms with Crippen molar-refractivity contribution in [3.8, 4) is 0 Å². The minimum absolute atomic E-state index is 0.324. The topological polar surface area (TPSA) is 37.4 Å². The molecule has 1 fully saturated rings. The lowest BCUT2D eigenvalue weighted by Crippen LogP contribution is -2.44. The summed E-state index contributed by atoms with van der Waals surface area (Å²) < 4.78 is 5.75. The van der Waals surface area contributed by atoms with Crippen LogP contribution in [0.5, 0.6) is 0 Å². The second-order valence-electron chi connectivity index (χ2n) is 5.72. The Morgan fingerprint density at radius 2 is 2.11 bits per heavy atom. The number of thiazole rings is 1. The Hall–Kier alpha value is -0.490. The number of aromatic nitrogens is 1. The summed E-state index contributed by atoms with van der Waals surface area (Å²) in [6.45, 7) is 12.4. The maximum absolute atomic E-state index is 5.75. The van der Waals surface area contributed by atoms with Crippen LogP contribution >= 0.6 is 11.3 Å². The maximum Gasteiger partial charge on any atom is 0.107 e. The first-order chi connectivity index (χ1) is 9.02. The fraction of sp³-hybridized carbons (Fsp3) is 0.786. The molecule has 0 unspecified atom stereocenters. The van der Waals surface area contributed by atoms with Gasteiger partial charge in [0.2, 0.25) is 0 Å². The molecule has 1 aliphatic rings. The van der Waals surface area contributed by atoms with Crippen LogP contribution < -0.4 is 5.32 Å². The van der Waals surface area contributed by atoms with E-state index in [1.54, 1.807) is 11.3 Å². The molecule has 1 aliphatic heterocycles. The van der Waals surface area contributed by atoms with E-state index in [-0.39, 0.29) is 0 Å². The van der Waals surface area contributed by atoms with Gasteiger partial charge in [-0.2, -0.15) is 0 Å². The molecule has 2 heterocycles. The largest absolute Gasteiger partial charge is 0.373 e. The molecule has 1 aromatic heterocycles. The first-order valence-electron chi connectivity index (χ1n) is 7.07.